The second kappa shape index (κ2) is 9.38. The Hall–Kier alpha value is -3.78. The van der Waals surface area contributed by atoms with Crippen LogP contribution in [-0.2, 0) is 14.3 Å². The third-order valence-electron chi connectivity index (χ3n) is 5.40. The highest BCUT2D eigenvalue weighted by Gasteiger charge is 2.33. The number of methoxy groups -OCH3 is 2. The van der Waals surface area contributed by atoms with Crippen LogP contribution < -0.4 is 14.9 Å². The van der Waals surface area contributed by atoms with Gasteiger partial charge in [-0.2, -0.15) is 0 Å². The van der Waals surface area contributed by atoms with Gasteiger partial charge in [-0.05, 0) is 35.8 Å². The summed E-state index contributed by atoms with van der Waals surface area (Å²) in [6.45, 7) is 1.92. The minimum atomic E-state index is -0.631. The molecule has 7 nitrogen and oxygen atoms in total. The second-order valence-electron chi connectivity index (χ2n) is 7.31. The minimum absolute atomic E-state index is 0.249. The van der Waals surface area contributed by atoms with Gasteiger partial charge in [0.2, 0.25) is 0 Å². The molecule has 3 aromatic rings. The molecule has 1 aromatic heterocycles. The molecule has 2 heterocycles. The Kier molecular flexibility index (Phi) is 6.37. The van der Waals surface area contributed by atoms with Crippen LogP contribution in [0, 0.1) is 0 Å². The van der Waals surface area contributed by atoms with Crippen LogP contribution in [0.25, 0.3) is 6.08 Å². The van der Waals surface area contributed by atoms with Gasteiger partial charge in [0.1, 0.15) is 0 Å². The van der Waals surface area contributed by atoms with E-state index in [1.165, 1.54) is 25.6 Å². The van der Waals surface area contributed by atoms with Gasteiger partial charge in [0.05, 0.1) is 41.6 Å². The van der Waals surface area contributed by atoms with E-state index in [-0.39, 0.29) is 5.56 Å². The first-order chi connectivity index (χ1) is 16.0. The van der Waals surface area contributed by atoms with Crippen LogP contribution >= 0.6 is 11.3 Å². The number of aromatic nitrogens is 1. The van der Waals surface area contributed by atoms with E-state index in [9.17, 15) is 14.4 Å². The number of esters is 2. The fraction of sp³-hybridized carbons (Fsp3) is 0.200. The molecule has 1 aliphatic rings. The summed E-state index contributed by atoms with van der Waals surface area (Å²) in [5.41, 5.74) is 2.70. The van der Waals surface area contributed by atoms with Gasteiger partial charge in [-0.25, -0.2) is 14.6 Å². The first-order valence-electron chi connectivity index (χ1n) is 10.3. The molecule has 0 saturated carbocycles. The molecular weight excluding hydrogens is 440 g/mol. The van der Waals surface area contributed by atoms with Gasteiger partial charge in [0.15, 0.2) is 4.80 Å². The predicted molar refractivity (Wildman–Crippen MR) is 125 cm³/mol. The average molecular weight is 463 g/mol. The van der Waals surface area contributed by atoms with E-state index in [0.717, 1.165) is 11.1 Å². The zero-order valence-electron chi connectivity index (χ0n) is 18.4. The summed E-state index contributed by atoms with van der Waals surface area (Å²) in [7, 11) is 2.65. The number of nitrogens with zero attached hydrogens (tertiary/aromatic N) is 2. The van der Waals surface area contributed by atoms with Crippen molar-refractivity contribution in [1.82, 2.24) is 4.57 Å². The first kappa shape index (κ1) is 22.4. The number of benzene rings is 2. The Labute approximate surface area is 193 Å². The summed E-state index contributed by atoms with van der Waals surface area (Å²) >= 11 is 1.26. The summed E-state index contributed by atoms with van der Waals surface area (Å²) in [6.07, 6.45) is 2.27. The maximum Gasteiger partial charge on any atom is 0.338 e. The molecule has 0 saturated heterocycles. The molecular formula is C25H22N2O5S. The normalized spacial score (nSPS) is 15.6. The molecule has 0 fully saturated rings. The summed E-state index contributed by atoms with van der Waals surface area (Å²) in [5.74, 6) is -0.927. The standard InChI is InChI=1S/C25H22N2O5S/c1-4-18-20(24(30)32-3)21(16-8-6-5-7-9-16)27-22(28)19(33-25(27)26-18)14-15-10-12-17(13-11-15)23(29)31-2/h5-14,21H,4H2,1-3H3/b19-14-/t21-/m1/s1. The van der Waals surface area contributed by atoms with Crippen molar-refractivity contribution in [1.29, 1.82) is 0 Å². The van der Waals surface area contributed by atoms with Crippen LogP contribution in [0.3, 0.4) is 0 Å². The maximum atomic E-state index is 13.5. The Morgan fingerprint density at radius 3 is 2.30 bits per heavy atom. The molecule has 1 atom stereocenters. The number of thiazole rings is 1. The second-order valence-corrected chi connectivity index (χ2v) is 8.32. The SMILES string of the molecule is CCC1=C(C(=O)OC)[C@@H](c2ccccc2)n2c(s/c(=C\c3ccc(C(=O)OC)cc3)c2=O)=N1. The summed E-state index contributed by atoms with van der Waals surface area (Å²) in [6, 6.07) is 15.5. The third-order valence-corrected chi connectivity index (χ3v) is 6.38. The van der Waals surface area contributed by atoms with E-state index in [2.05, 4.69) is 4.99 Å². The molecule has 0 spiro atoms. The Balaban J connectivity index is 1.91. The largest absolute Gasteiger partial charge is 0.466 e. The number of fused-ring (bicyclic) bond motifs is 1. The summed E-state index contributed by atoms with van der Waals surface area (Å²) in [5, 5.41) is 0. The number of ether oxygens (including phenoxy) is 2. The number of hydrogen-bond donors (Lipinski definition) is 0. The predicted octanol–water partition coefficient (Wildman–Crippen LogP) is 2.58. The quantitative estimate of drug-likeness (QED) is 0.544. The van der Waals surface area contributed by atoms with Crippen molar-refractivity contribution in [2.75, 3.05) is 14.2 Å². The van der Waals surface area contributed by atoms with E-state index in [0.29, 0.717) is 32.6 Å². The molecule has 8 heteroatoms. The molecule has 0 amide bonds. The highest BCUT2D eigenvalue weighted by atomic mass is 32.1. The van der Waals surface area contributed by atoms with E-state index in [1.807, 2.05) is 37.3 Å². The third kappa shape index (κ3) is 4.17. The van der Waals surface area contributed by atoms with Crippen molar-refractivity contribution in [2.24, 2.45) is 4.99 Å². The number of carbonyl (C=O) groups is 2. The maximum absolute atomic E-state index is 13.5. The molecule has 2 aromatic carbocycles. The molecule has 0 radical (unpaired) electrons. The molecule has 4 rings (SSSR count). The van der Waals surface area contributed by atoms with Crippen LogP contribution in [0.15, 0.2) is 75.7 Å². The van der Waals surface area contributed by atoms with Crippen molar-refractivity contribution in [3.63, 3.8) is 0 Å². The Morgan fingerprint density at radius 2 is 1.70 bits per heavy atom. The van der Waals surface area contributed by atoms with Gasteiger partial charge in [-0.15, -0.1) is 0 Å². The fourth-order valence-corrected chi connectivity index (χ4v) is 4.82. The van der Waals surface area contributed by atoms with Crippen LogP contribution in [0.2, 0.25) is 0 Å². The van der Waals surface area contributed by atoms with Gasteiger partial charge in [-0.1, -0.05) is 60.7 Å². The number of carbonyl (C=O) groups excluding carboxylic acids is 2. The lowest BCUT2D eigenvalue weighted by Crippen LogP contribution is -2.40. The van der Waals surface area contributed by atoms with Gasteiger partial charge in [0, 0.05) is 0 Å². The Morgan fingerprint density at radius 1 is 1.03 bits per heavy atom. The number of allylic oxidation sites excluding steroid dienone is 1. The average Bonchev–Trinajstić information content (AvgIpc) is 3.17. The first-order valence-corrected chi connectivity index (χ1v) is 11.2. The molecule has 0 N–H and O–H groups in total. The van der Waals surface area contributed by atoms with Crippen LogP contribution in [0.4, 0.5) is 0 Å². The van der Waals surface area contributed by atoms with Crippen LogP contribution in [-0.4, -0.2) is 30.7 Å². The van der Waals surface area contributed by atoms with E-state index in [1.54, 1.807) is 34.9 Å². The van der Waals surface area contributed by atoms with E-state index < -0.39 is 18.0 Å². The van der Waals surface area contributed by atoms with Gasteiger partial charge >= 0.3 is 11.9 Å². The smallest absolute Gasteiger partial charge is 0.338 e. The summed E-state index contributed by atoms with van der Waals surface area (Å²) in [4.78, 5) is 43.1. The lowest BCUT2D eigenvalue weighted by Gasteiger charge is -2.25. The van der Waals surface area contributed by atoms with Gasteiger partial charge in [-0.3, -0.25) is 9.36 Å². The highest BCUT2D eigenvalue weighted by molar-refractivity contribution is 7.07. The minimum Gasteiger partial charge on any atom is -0.466 e. The monoisotopic (exact) mass is 462 g/mol. The van der Waals surface area contributed by atoms with Crippen molar-refractivity contribution < 1.29 is 19.1 Å². The molecule has 0 unspecified atom stereocenters. The molecule has 0 aliphatic carbocycles. The molecule has 33 heavy (non-hydrogen) atoms. The van der Waals surface area contributed by atoms with Gasteiger partial charge in [0.25, 0.3) is 5.56 Å². The zero-order chi connectivity index (χ0) is 23.5. The summed E-state index contributed by atoms with van der Waals surface area (Å²) < 4.78 is 11.8. The topological polar surface area (TPSA) is 87.0 Å². The van der Waals surface area contributed by atoms with Crippen molar-refractivity contribution in [2.45, 2.75) is 19.4 Å². The van der Waals surface area contributed by atoms with Crippen LogP contribution in [0.1, 0.15) is 40.9 Å². The van der Waals surface area contributed by atoms with Gasteiger partial charge < -0.3 is 9.47 Å². The Bertz CT molecular complexity index is 1420. The molecule has 1 aliphatic heterocycles. The number of hydrogen-bond acceptors (Lipinski definition) is 7. The fourth-order valence-electron chi connectivity index (χ4n) is 3.80. The van der Waals surface area contributed by atoms with Crippen LogP contribution in [0.5, 0.6) is 0 Å². The molecule has 0 bridgehead atoms. The van der Waals surface area contributed by atoms with Crippen molar-refractivity contribution in [3.05, 3.63) is 102 Å². The van der Waals surface area contributed by atoms with E-state index >= 15 is 0 Å². The van der Waals surface area contributed by atoms with Crippen molar-refractivity contribution >= 4 is 29.4 Å². The zero-order valence-corrected chi connectivity index (χ0v) is 19.2. The lowest BCUT2D eigenvalue weighted by atomic mass is 9.95. The van der Waals surface area contributed by atoms with Crippen molar-refractivity contribution in [3.8, 4) is 0 Å². The highest BCUT2D eigenvalue weighted by Crippen LogP contribution is 2.31. The molecule has 168 valence electrons. The lowest BCUT2D eigenvalue weighted by molar-refractivity contribution is -0.136. The number of rotatable bonds is 5. The van der Waals surface area contributed by atoms with E-state index in [4.69, 9.17) is 9.47 Å².